The molecule has 3 rings (SSSR count). The van der Waals surface area contributed by atoms with E-state index in [9.17, 15) is 18.0 Å². The first-order valence-electron chi connectivity index (χ1n) is 13.6. The van der Waals surface area contributed by atoms with Crippen LogP contribution in [0.5, 0.6) is 5.75 Å². The monoisotopic (exact) mass is 544 g/mol. The lowest BCUT2D eigenvalue weighted by Crippen LogP contribution is -2.29. The number of amides is 2. The smallest absolute Gasteiger partial charge is 0.418 e. The SMILES string of the molecule is CCCCCCCCCCCCS(=O)(=O)Nc1ccc(OC)c(CN2C(=O)OC(c3ccccc3)C2=O)c1. The van der Waals surface area contributed by atoms with Gasteiger partial charge in [-0.05, 0) is 24.6 Å². The van der Waals surface area contributed by atoms with Crippen molar-refractivity contribution in [3.05, 3.63) is 59.7 Å². The number of cyclic esters (lactones) is 1. The van der Waals surface area contributed by atoms with E-state index in [2.05, 4.69) is 11.6 Å². The number of ether oxygens (including phenoxy) is 2. The summed E-state index contributed by atoms with van der Waals surface area (Å²) in [4.78, 5) is 26.4. The van der Waals surface area contributed by atoms with Crippen LogP contribution in [-0.2, 0) is 26.1 Å². The summed E-state index contributed by atoms with van der Waals surface area (Å²) in [7, 11) is -2.06. The number of hydrogen-bond acceptors (Lipinski definition) is 6. The largest absolute Gasteiger partial charge is 0.496 e. The molecule has 0 aromatic heterocycles. The minimum atomic E-state index is -3.54. The van der Waals surface area contributed by atoms with Gasteiger partial charge in [-0.15, -0.1) is 0 Å². The number of nitrogens with zero attached hydrogens (tertiary/aromatic N) is 1. The van der Waals surface area contributed by atoms with Crippen LogP contribution < -0.4 is 9.46 Å². The van der Waals surface area contributed by atoms with Crippen LogP contribution in [0.4, 0.5) is 10.5 Å². The maximum Gasteiger partial charge on any atom is 0.418 e. The lowest BCUT2D eigenvalue weighted by atomic mass is 10.1. The second kappa shape index (κ2) is 14.8. The number of imide groups is 1. The summed E-state index contributed by atoms with van der Waals surface area (Å²) in [6.07, 6.45) is 9.53. The van der Waals surface area contributed by atoms with Gasteiger partial charge in [-0.25, -0.2) is 18.1 Å². The van der Waals surface area contributed by atoms with Gasteiger partial charge in [0.15, 0.2) is 0 Å². The molecule has 1 aliphatic rings. The highest BCUT2D eigenvalue weighted by Gasteiger charge is 2.41. The number of carbonyl (C=O) groups is 2. The summed E-state index contributed by atoms with van der Waals surface area (Å²) >= 11 is 0. The third-order valence-corrected chi connectivity index (χ3v) is 8.05. The van der Waals surface area contributed by atoms with E-state index in [0.717, 1.165) is 24.2 Å². The van der Waals surface area contributed by atoms with Crippen LogP contribution in [0.1, 0.15) is 88.4 Å². The Labute approximate surface area is 226 Å². The Hall–Kier alpha value is -3.07. The van der Waals surface area contributed by atoms with E-state index in [-0.39, 0.29) is 12.3 Å². The number of nitrogens with one attached hydrogen (secondary N) is 1. The van der Waals surface area contributed by atoms with Gasteiger partial charge in [0.05, 0.1) is 19.4 Å². The molecule has 8 nitrogen and oxygen atoms in total. The highest BCUT2D eigenvalue weighted by atomic mass is 32.2. The molecule has 0 bridgehead atoms. The van der Waals surface area contributed by atoms with E-state index in [1.165, 1.54) is 45.6 Å². The molecular weight excluding hydrogens is 504 g/mol. The van der Waals surface area contributed by atoms with Gasteiger partial charge in [0.2, 0.25) is 16.1 Å². The summed E-state index contributed by atoms with van der Waals surface area (Å²) in [6, 6.07) is 13.6. The summed E-state index contributed by atoms with van der Waals surface area (Å²) in [5.74, 6) is 0.00203. The molecule has 0 radical (unpaired) electrons. The number of rotatable bonds is 17. The summed E-state index contributed by atoms with van der Waals surface area (Å²) in [5, 5.41) is 0. The molecule has 1 aliphatic heterocycles. The standard InChI is InChI=1S/C29H40N2O6S/c1-3-4-5-6-7-8-9-10-11-15-20-38(34,35)30-25-18-19-26(36-2)24(21-25)22-31-28(32)27(37-29(31)33)23-16-13-12-14-17-23/h12-14,16-19,21,27,30H,3-11,15,20,22H2,1-2H3. The van der Waals surface area contributed by atoms with Crippen LogP contribution in [0, 0.1) is 0 Å². The van der Waals surface area contributed by atoms with Gasteiger partial charge in [0, 0.05) is 16.8 Å². The van der Waals surface area contributed by atoms with E-state index in [1.54, 1.807) is 42.5 Å². The third-order valence-electron chi connectivity index (χ3n) is 6.68. The fraction of sp³-hybridized carbons (Fsp3) is 0.517. The van der Waals surface area contributed by atoms with E-state index >= 15 is 0 Å². The molecule has 208 valence electrons. The number of sulfonamides is 1. The van der Waals surface area contributed by atoms with Crippen molar-refractivity contribution < 1.29 is 27.5 Å². The van der Waals surface area contributed by atoms with Crippen LogP contribution in [0.15, 0.2) is 48.5 Å². The quantitative estimate of drug-likeness (QED) is 0.226. The highest BCUT2D eigenvalue weighted by Crippen LogP contribution is 2.31. The van der Waals surface area contributed by atoms with E-state index in [4.69, 9.17) is 9.47 Å². The Morgan fingerprint density at radius 1 is 0.895 bits per heavy atom. The van der Waals surface area contributed by atoms with Crippen molar-refractivity contribution in [3.8, 4) is 5.75 Å². The van der Waals surface area contributed by atoms with Gasteiger partial charge >= 0.3 is 6.09 Å². The van der Waals surface area contributed by atoms with Crippen molar-refractivity contribution in [1.82, 2.24) is 4.90 Å². The minimum absolute atomic E-state index is 0.0422. The Morgan fingerprint density at radius 3 is 2.16 bits per heavy atom. The van der Waals surface area contributed by atoms with E-state index < -0.39 is 28.1 Å². The summed E-state index contributed by atoms with van der Waals surface area (Å²) in [6.45, 7) is 2.12. The molecule has 0 spiro atoms. The van der Waals surface area contributed by atoms with Crippen LogP contribution in [0.25, 0.3) is 0 Å². The average molecular weight is 545 g/mol. The zero-order valence-corrected chi connectivity index (χ0v) is 23.3. The molecule has 2 aromatic carbocycles. The predicted molar refractivity (Wildman–Crippen MR) is 148 cm³/mol. The lowest BCUT2D eigenvalue weighted by molar-refractivity contribution is -0.130. The number of benzene rings is 2. The normalized spacial score (nSPS) is 15.5. The number of methoxy groups -OCH3 is 1. The van der Waals surface area contributed by atoms with Gasteiger partial charge in [-0.2, -0.15) is 0 Å². The van der Waals surface area contributed by atoms with E-state index in [0.29, 0.717) is 29.0 Å². The second-order valence-corrected chi connectivity index (χ2v) is 11.6. The zero-order valence-electron chi connectivity index (χ0n) is 22.5. The van der Waals surface area contributed by atoms with Gasteiger partial charge in [0.1, 0.15) is 5.75 Å². The van der Waals surface area contributed by atoms with Crippen LogP contribution in [-0.4, -0.2) is 38.2 Å². The van der Waals surface area contributed by atoms with Gasteiger partial charge < -0.3 is 9.47 Å². The number of unbranched alkanes of at least 4 members (excludes halogenated alkanes) is 9. The van der Waals surface area contributed by atoms with Crippen molar-refractivity contribution in [3.63, 3.8) is 0 Å². The number of hydrogen-bond donors (Lipinski definition) is 1. The molecule has 1 heterocycles. The maximum atomic E-state index is 12.9. The van der Waals surface area contributed by atoms with Gasteiger partial charge in [-0.1, -0.05) is 95.0 Å². The Morgan fingerprint density at radius 2 is 1.53 bits per heavy atom. The lowest BCUT2D eigenvalue weighted by Gasteiger charge is -2.16. The molecule has 1 unspecified atom stereocenters. The van der Waals surface area contributed by atoms with Crippen molar-refractivity contribution in [2.24, 2.45) is 0 Å². The highest BCUT2D eigenvalue weighted by molar-refractivity contribution is 7.92. The molecular formula is C29H40N2O6S. The summed E-state index contributed by atoms with van der Waals surface area (Å²) in [5.41, 5.74) is 1.44. The number of carbonyl (C=O) groups excluding carboxylic acids is 2. The van der Waals surface area contributed by atoms with Crippen LogP contribution >= 0.6 is 0 Å². The third kappa shape index (κ3) is 8.75. The Balaban J connectivity index is 1.52. The van der Waals surface area contributed by atoms with Crippen LogP contribution in [0.3, 0.4) is 0 Å². The number of anilines is 1. The molecule has 9 heteroatoms. The molecule has 1 saturated heterocycles. The molecule has 1 N–H and O–H groups in total. The van der Waals surface area contributed by atoms with Gasteiger partial charge in [-0.3, -0.25) is 9.52 Å². The fourth-order valence-electron chi connectivity index (χ4n) is 4.57. The maximum absolute atomic E-state index is 12.9. The van der Waals surface area contributed by atoms with Gasteiger partial charge in [0.25, 0.3) is 5.91 Å². The molecule has 38 heavy (non-hydrogen) atoms. The predicted octanol–water partition coefficient (Wildman–Crippen LogP) is 6.58. The van der Waals surface area contributed by atoms with Crippen LogP contribution in [0.2, 0.25) is 0 Å². The van der Waals surface area contributed by atoms with Crippen molar-refractivity contribution in [1.29, 1.82) is 0 Å². The summed E-state index contributed by atoms with van der Waals surface area (Å²) < 4.78 is 38.7. The van der Waals surface area contributed by atoms with Crippen molar-refractivity contribution in [2.45, 2.75) is 83.8 Å². The molecule has 1 fully saturated rings. The first-order chi connectivity index (χ1) is 18.3. The van der Waals surface area contributed by atoms with E-state index in [1.807, 2.05) is 6.07 Å². The Kier molecular flexibility index (Phi) is 11.5. The first-order valence-corrected chi connectivity index (χ1v) is 15.2. The molecule has 1 atom stereocenters. The second-order valence-electron chi connectivity index (χ2n) is 9.73. The van der Waals surface area contributed by atoms with Crippen molar-refractivity contribution in [2.75, 3.05) is 17.6 Å². The zero-order chi connectivity index (χ0) is 27.4. The first kappa shape index (κ1) is 29.5. The average Bonchev–Trinajstić information content (AvgIpc) is 3.18. The Bertz CT molecular complexity index is 1150. The topological polar surface area (TPSA) is 102 Å². The molecule has 2 amide bonds. The molecule has 0 aliphatic carbocycles. The molecule has 0 saturated carbocycles. The minimum Gasteiger partial charge on any atom is -0.496 e. The molecule has 2 aromatic rings. The fourth-order valence-corrected chi connectivity index (χ4v) is 5.75. The van der Waals surface area contributed by atoms with Crippen molar-refractivity contribution >= 4 is 27.7 Å².